The standard InChI is InChI=1S/C22H27N3O4S/c1-4-17-5-7-19(8-6-17)24-22(27)11-12-23-30(28,29)20-9-10-21-18(14-20)13-15(2)25(21)16(3)26/h5-10,14-15,23H,4,11-13H2,1-3H3,(H,24,27)/t15-/m1/s1. The molecule has 1 aliphatic heterocycles. The number of benzene rings is 2. The van der Waals surface area contributed by atoms with Crippen LogP contribution in [-0.2, 0) is 32.5 Å². The Kier molecular flexibility index (Phi) is 6.58. The highest BCUT2D eigenvalue weighted by Crippen LogP contribution is 2.33. The Morgan fingerprint density at radius 3 is 2.47 bits per heavy atom. The predicted molar refractivity (Wildman–Crippen MR) is 117 cm³/mol. The van der Waals surface area contributed by atoms with Crippen LogP contribution in [-0.4, -0.2) is 32.8 Å². The zero-order valence-corrected chi connectivity index (χ0v) is 18.3. The topological polar surface area (TPSA) is 95.6 Å². The van der Waals surface area contributed by atoms with E-state index >= 15 is 0 Å². The maximum atomic E-state index is 12.6. The van der Waals surface area contributed by atoms with E-state index in [1.807, 2.05) is 31.2 Å². The van der Waals surface area contributed by atoms with Crippen molar-refractivity contribution in [1.29, 1.82) is 0 Å². The quantitative estimate of drug-likeness (QED) is 0.707. The van der Waals surface area contributed by atoms with Crippen LogP contribution in [0.1, 0.15) is 38.3 Å². The summed E-state index contributed by atoms with van der Waals surface area (Å²) < 4.78 is 27.7. The Hall–Kier alpha value is -2.71. The molecule has 2 aromatic rings. The van der Waals surface area contributed by atoms with Crippen molar-refractivity contribution in [2.45, 2.75) is 51.0 Å². The normalized spacial score (nSPS) is 15.7. The van der Waals surface area contributed by atoms with E-state index < -0.39 is 10.0 Å². The van der Waals surface area contributed by atoms with Crippen molar-refractivity contribution in [3.8, 4) is 0 Å². The number of sulfonamides is 1. The van der Waals surface area contributed by atoms with Gasteiger partial charge in [0.05, 0.1) is 4.90 Å². The van der Waals surface area contributed by atoms with Crippen LogP contribution in [0.2, 0.25) is 0 Å². The Morgan fingerprint density at radius 1 is 1.13 bits per heavy atom. The number of hydrogen-bond donors (Lipinski definition) is 2. The number of carbonyl (C=O) groups excluding carboxylic acids is 2. The fourth-order valence-electron chi connectivity index (χ4n) is 3.68. The van der Waals surface area contributed by atoms with Crippen molar-refractivity contribution in [3.05, 3.63) is 53.6 Å². The third-order valence-corrected chi connectivity index (χ3v) is 6.66. The Bertz CT molecular complexity index is 1050. The molecule has 0 aliphatic carbocycles. The number of hydrogen-bond acceptors (Lipinski definition) is 4. The smallest absolute Gasteiger partial charge is 0.240 e. The summed E-state index contributed by atoms with van der Waals surface area (Å²) in [6.07, 6.45) is 1.55. The van der Waals surface area contributed by atoms with E-state index in [9.17, 15) is 18.0 Å². The van der Waals surface area contributed by atoms with Gasteiger partial charge < -0.3 is 10.2 Å². The largest absolute Gasteiger partial charge is 0.326 e. The summed E-state index contributed by atoms with van der Waals surface area (Å²) >= 11 is 0. The van der Waals surface area contributed by atoms with E-state index in [0.29, 0.717) is 12.1 Å². The van der Waals surface area contributed by atoms with Crippen LogP contribution in [0.25, 0.3) is 0 Å². The first-order chi connectivity index (χ1) is 14.2. The Morgan fingerprint density at radius 2 is 1.83 bits per heavy atom. The zero-order chi connectivity index (χ0) is 21.9. The highest BCUT2D eigenvalue weighted by atomic mass is 32.2. The molecule has 0 fully saturated rings. The lowest BCUT2D eigenvalue weighted by Crippen LogP contribution is -2.33. The SMILES string of the molecule is CCc1ccc(NC(=O)CCNS(=O)(=O)c2ccc3c(c2)C[C@@H](C)N3C(C)=O)cc1. The van der Waals surface area contributed by atoms with Gasteiger partial charge in [-0.25, -0.2) is 13.1 Å². The molecule has 1 aliphatic rings. The van der Waals surface area contributed by atoms with E-state index in [1.54, 1.807) is 17.0 Å². The van der Waals surface area contributed by atoms with E-state index in [2.05, 4.69) is 17.0 Å². The van der Waals surface area contributed by atoms with Crippen LogP contribution in [0.5, 0.6) is 0 Å². The van der Waals surface area contributed by atoms with Gasteiger partial charge in [0.15, 0.2) is 0 Å². The van der Waals surface area contributed by atoms with Crippen LogP contribution >= 0.6 is 0 Å². The summed E-state index contributed by atoms with van der Waals surface area (Å²) in [7, 11) is -3.75. The van der Waals surface area contributed by atoms with Gasteiger partial charge in [-0.1, -0.05) is 19.1 Å². The number of carbonyl (C=O) groups is 2. The molecule has 7 nitrogen and oxygen atoms in total. The minimum absolute atomic E-state index is 0.00139. The number of nitrogens with one attached hydrogen (secondary N) is 2. The van der Waals surface area contributed by atoms with Gasteiger partial charge in [0, 0.05) is 37.3 Å². The molecular weight excluding hydrogens is 402 g/mol. The van der Waals surface area contributed by atoms with Crippen molar-refractivity contribution < 1.29 is 18.0 Å². The summed E-state index contributed by atoms with van der Waals surface area (Å²) in [4.78, 5) is 25.7. The van der Waals surface area contributed by atoms with Crippen LogP contribution in [0.4, 0.5) is 11.4 Å². The van der Waals surface area contributed by atoms with Gasteiger partial charge in [-0.05, 0) is 61.2 Å². The highest BCUT2D eigenvalue weighted by molar-refractivity contribution is 7.89. The lowest BCUT2D eigenvalue weighted by molar-refractivity contribution is -0.117. The van der Waals surface area contributed by atoms with E-state index in [0.717, 1.165) is 17.7 Å². The van der Waals surface area contributed by atoms with Gasteiger partial charge in [-0.3, -0.25) is 9.59 Å². The molecule has 8 heteroatoms. The molecule has 1 atom stereocenters. The fraction of sp³-hybridized carbons (Fsp3) is 0.364. The monoisotopic (exact) mass is 429 g/mol. The minimum Gasteiger partial charge on any atom is -0.326 e. The summed E-state index contributed by atoms with van der Waals surface area (Å²) in [5, 5.41) is 2.76. The van der Waals surface area contributed by atoms with Crippen molar-refractivity contribution in [2.75, 3.05) is 16.8 Å². The molecular formula is C22H27N3O4S. The second-order valence-electron chi connectivity index (χ2n) is 7.48. The second-order valence-corrected chi connectivity index (χ2v) is 9.25. The first-order valence-corrected chi connectivity index (χ1v) is 11.5. The molecule has 3 rings (SSSR count). The maximum absolute atomic E-state index is 12.6. The number of aryl methyl sites for hydroxylation is 1. The van der Waals surface area contributed by atoms with Crippen LogP contribution in [0, 0.1) is 0 Å². The minimum atomic E-state index is -3.75. The van der Waals surface area contributed by atoms with Crippen LogP contribution in [0.15, 0.2) is 47.4 Å². The molecule has 1 heterocycles. The zero-order valence-electron chi connectivity index (χ0n) is 17.4. The van der Waals surface area contributed by atoms with Gasteiger partial charge in [0.25, 0.3) is 0 Å². The van der Waals surface area contributed by atoms with Crippen LogP contribution in [0.3, 0.4) is 0 Å². The van der Waals surface area contributed by atoms with Gasteiger partial charge in [0.1, 0.15) is 0 Å². The summed E-state index contributed by atoms with van der Waals surface area (Å²) in [6.45, 7) is 5.48. The van der Waals surface area contributed by atoms with Crippen molar-refractivity contribution in [3.63, 3.8) is 0 Å². The second kappa shape index (κ2) is 8.97. The van der Waals surface area contributed by atoms with Crippen molar-refractivity contribution in [1.82, 2.24) is 4.72 Å². The third kappa shape index (κ3) is 4.88. The highest BCUT2D eigenvalue weighted by Gasteiger charge is 2.30. The average molecular weight is 430 g/mol. The molecule has 0 aromatic heterocycles. The van der Waals surface area contributed by atoms with Crippen molar-refractivity contribution in [2.24, 2.45) is 0 Å². The number of nitrogens with zero attached hydrogens (tertiary/aromatic N) is 1. The molecule has 2 amide bonds. The maximum Gasteiger partial charge on any atom is 0.240 e. The number of fused-ring (bicyclic) bond motifs is 1. The first kappa shape index (κ1) is 22.0. The molecule has 0 unspecified atom stereocenters. The molecule has 2 aromatic carbocycles. The van der Waals surface area contributed by atoms with Crippen molar-refractivity contribution >= 4 is 33.2 Å². The van der Waals surface area contributed by atoms with E-state index in [-0.39, 0.29) is 35.7 Å². The molecule has 0 saturated heterocycles. The molecule has 2 N–H and O–H groups in total. The number of rotatable bonds is 7. The van der Waals surface area contributed by atoms with Gasteiger partial charge >= 0.3 is 0 Å². The number of anilines is 2. The molecule has 0 bridgehead atoms. The Balaban J connectivity index is 1.58. The molecule has 30 heavy (non-hydrogen) atoms. The molecule has 160 valence electrons. The summed E-state index contributed by atoms with van der Waals surface area (Å²) in [5.74, 6) is -0.327. The lowest BCUT2D eigenvalue weighted by atomic mass is 10.1. The van der Waals surface area contributed by atoms with Gasteiger partial charge in [-0.2, -0.15) is 0 Å². The fourth-order valence-corrected chi connectivity index (χ4v) is 4.77. The molecule has 0 spiro atoms. The predicted octanol–water partition coefficient (Wildman–Crippen LogP) is 2.85. The lowest BCUT2D eigenvalue weighted by Gasteiger charge is -2.20. The summed E-state index contributed by atoms with van der Waals surface area (Å²) in [5.41, 5.74) is 3.44. The molecule has 0 saturated carbocycles. The third-order valence-electron chi connectivity index (χ3n) is 5.21. The number of amides is 2. The van der Waals surface area contributed by atoms with E-state index in [1.165, 1.54) is 18.6 Å². The van der Waals surface area contributed by atoms with Gasteiger partial charge in [0.2, 0.25) is 21.8 Å². The summed E-state index contributed by atoms with van der Waals surface area (Å²) in [6, 6.07) is 12.3. The van der Waals surface area contributed by atoms with E-state index in [4.69, 9.17) is 0 Å². The van der Waals surface area contributed by atoms with Gasteiger partial charge in [-0.15, -0.1) is 0 Å². The first-order valence-electron chi connectivity index (χ1n) is 10.0. The molecule has 0 radical (unpaired) electrons. The van der Waals surface area contributed by atoms with Crippen LogP contribution < -0.4 is 14.9 Å². The Labute approximate surface area is 177 Å². The average Bonchev–Trinajstić information content (AvgIpc) is 3.03.